The third-order valence-corrected chi connectivity index (χ3v) is 5.63. The van der Waals surface area contributed by atoms with Gasteiger partial charge in [0.1, 0.15) is 5.69 Å². The van der Waals surface area contributed by atoms with Crippen LogP contribution in [0.3, 0.4) is 0 Å². The lowest BCUT2D eigenvalue weighted by atomic mass is 10.0. The van der Waals surface area contributed by atoms with Gasteiger partial charge in [-0.05, 0) is 26.7 Å². The highest BCUT2D eigenvalue weighted by Gasteiger charge is 2.27. The number of hydrogen-bond donors (Lipinski definition) is 1. The molecule has 0 aliphatic carbocycles. The number of nitrogens with one attached hydrogen (secondary N) is 1. The van der Waals surface area contributed by atoms with E-state index in [4.69, 9.17) is 26.2 Å². The highest BCUT2D eigenvalue weighted by atomic mass is 35.5. The molecular weight excluding hydrogens is 382 g/mol. The van der Waals surface area contributed by atoms with Crippen molar-refractivity contribution in [2.45, 2.75) is 51.8 Å². The molecule has 2 aliphatic rings. The van der Waals surface area contributed by atoms with Gasteiger partial charge in [0.05, 0.1) is 29.8 Å². The quantitative estimate of drug-likeness (QED) is 0.666. The van der Waals surface area contributed by atoms with E-state index in [1.807, 2.05) is 6.92 Å². The number of aromatic nitrogens is 6. The van der Waals surface area contributed by atoms with E-state index in [9.17, 15) is 0 Å². The predicted octanol–water partition coefficient (Wildman–Crippen LogP) is 3.25. The monoisotopic (exact) mass is 403 g/mol. The molecule has 0 unspecified atom stereocenters. The first-order valence-electron chi connectivity index (χ1n) is 9.59. The molecule has 1 fully saturated rings. The first kappa shape index (κ1) is 17.7. The zero-order valence-corrected chi connectivity index (χ0v) is 16.6. The predicted molar refractivity (Wildman–Crippen MR) is 104 cm³/mol. The molecule has 3 aromatic rings. The van der Waals surface area contributed by atoms with Crippen molar-refractivity contribution in [3.8, 4) is 5.88 Å². The van der Waals surface area contributed by atoms with E-state index in [1.165, 1.54) is 0 Å². The summed E-state index contributed by atoms with van der Waals surface area (Å²) in [7, 11) is 0. The summed E-state index contributed by atoms with van der Waals surface area (Å²) < 4.78 is 15.6. The molecule has 1 saturated heterocycles. The summed E-state index contributed by atoms with van der Waals surface area (Å²) in [6.07, 6.45) is 4.57. The Balaban J connectivity index is 1.56. The maximum absolute atomic E-state index is 6.22. The summed E-state index contributed by atoms with van der Waals surface area (Å²) in [6, 6.07) is 0.290. The minimum Gasteiger partial charge on any atom is -0.475 e. The van der Waals surface area contributed by atoms with Gasteiger partial charge in [-0.2, -0.15) is 10.1 Å². The lowest BCUT2D eigenvalue weighted by Crippen LogP contribution is -2.26. The fourth-order valence-corrected chi connectivity index (χ4v) is 4.15. The van der Waals surface area contributed by atoms with Crippen molar-refractivity contribution in [2.75, 3.05) is 18.5 Å². The summed E-state index contributed by atoms with van der Waals surface area (Å²) in [4.78, 5) is 9.04. The van der Waals surface area contributed by atoms with E-state index < -0.39 is 0 Å². The third-order valence-electron chi connectivity index (χ3n) is 5.35. The van der Waals surface area contributed by atoms with Gasteiger partial charge in [0, 0.05) is 25.8 Å². The van der Waals surface area contributed by atoms with Crippen LogP contribution in [0.1, 0.15) is 37.9 Å². The zero-order valence-electron chi connectivity index (χ0n) is 15.9. The van der Waals surface area contributed by atoms with Crippen LogP contribution in [-0.4, -0.2) is 48.8 Å². The Bertz CT molecular complexity index is 1030. The minimum atomic E-state index is 0.226. The van der Waals surface area contributed by atoms with Gasteiger partial charge in [0.2, 0.25) is 5.95 Å². The van der Waals surface area contributed by atoms with Crippen LogP contribution < -0.4 is 10.1 Å². The van der Waals surface area contributed by atoms with E-state index in [-0.39, 0.29) is 12.1 Å². The molecule has 0 spiro atoms. The van der Waals surface area contributed by atoms with E-state index in [1.54, 1.807) is 10.9 Å². The molecule has 0 saturated carbocycles. The second-order valence-corrected chi connectivity index (χ2v) is 7.70. The van der Waals surface area contributed by atoms with Crippen molar-refractivity contribution in [1.82, 2.24) is 29.5 Å². The fraction of sp³-hybridized carbons (Fsp3) is 0.556. The summed E-state index contributed by atoms with van der Waals surface area (Å²) in [5, 5.41) is 13.6. The smallest absolute Gasteiger partial charge is 0.257 e. The van der Waals surface area contributed by atoms with Gasteiger partial charge in [0.15, 0.2) is 10.8 Å². The van der Waals surface area contributed by atoms with Gasteiger partial charge in [0.25, 0.3) is 5.88 Å². The molecule has 3 aromatic heterocycles. The van der Waals surface area contributed by atoms with E-state index in [2.05, 4.69) is 32.0 Å². The van der Waals surface area contributed by atoms with Gasteiger partial charge in [-0.25, -0.2) is 9.67 Å². The van der Waals surface area contributed by atoms with Gasteiger partial charge in [-0.1, -0.05) is 11.6 Å². The number of fused-ring (bicyclic) bond motifs is 2. The average Bonchev–Trinajstić information content (AvgIpc) is 3.16. The molecule has 0 amide bonds. The van der Waals surface area contributed by atoms with Crippen LogP contribution in [0.4, 0.5) is 11.6 Å². The van der Waals surface area contributed by atoms with Crippen molar-refractivity contribution >= 4 is 34.3 Å². The number of aryl methyl sites for hydroxylation is 1. The second kappa shape index (κ2) is 6.89. The van der Waals surface area contributed by atoms with E-state index in [0.717, 1.165) is 42.6 Å². The number of anilines is 2. The standard InChI is InChI=1S/C18H22ClN7O2/c1-10-8-12(4-7-27-10)26-11(2)14-17(24-26)28-6-3-5-25-16-13(15(19)23-25)9-20-18(21-14)22-16/h9-10,12H,3-8H2,1-2H3,(H,20,21,22)/t10-,12-/m0/s1. The summed E-state index contributed by atoms with van der Waals surface area (Å²) in [5.74, 6) is 1.05. The molecule has 2 bridgehead atoms. The van der Waals surface area contributed by atoms with Gasteiger partial charge >= 0.3 is 0 Å². The van der Waals surface area contributed by atoms with Gasteiger partial charge < -0.3 is 14.8 Å². The molecule has 0 radical (unpaired) electrons. The van der Waals surface area contributed by atoms with Crippen molar-refractivity contribution in [2.24, 2.45) is 0 Å². The van der Waals surface area contributed by atoms with Crippen LogP contribution >= 0.6 is 11.6 Å². The van der Waals surface area contributed by atoms with Crippen LogP contribution in [-0.2, 0) is 11.3 Å². The molecule has 5 rings (SSSR count). The Labute approximate surface area is 167 Å². The van der Waals surface area contributed by atoms with Crippen LogP contribution in [0.15, 0.2) is 6.20 Å². The third kappa shape index (κ3) is 2.98. The highest BCUT2D eigenvalue weighted by Crippen LogP contribution is 2.35. The molecular formula is C18H22ClN7O2. The summed E-state index contributed by atoms with van der Waals surface area (Å²) in [5.41, 5.74) is 2.52. The van der Waals surface area contributed by atoms with Gasteiger partial charge in [-0.3, -0.25) is 4.68 Å². The van der Waals surface area contributed by atoms with E-state index in [0.29, 0.717) is 35.8 Å². The Morgan fingerprint density at radius 2 is 2.18 bits per heavy atom. The molecule has 148 valence electrons. The molecule has 2 atom stereocenters. The summed E-state index contributed by atoms with van der Waals surface area (Å²) in [6.45, 7) is 6.07. The topological polar surface area (TPSA) is 91.9 Å². The molecule has 10 heteroatoms. The molecule has 1 N–H and O–H groups in total. The Morgan fingerprint density at radius 1 is 1.29 bits per heavy atom. The van der Waals surface area contributed by atoms with Crippen LogP contribution in [0.25, 0.3) is 11.0 Å². The fourth-order valence-electron chi connectivity index (χ4n) is 3.92. The molecule has 28 heavy (non-hydrogen) atoms. The first-order valence-corrected chi connectivity index (χ1v) is 9.97. The SMILES string of the molecule is Cc1c2c(nn1[C@H]1CCO[C@@H](C)C1)OCCCn1nc(Cl)c3cnc(nc31)N2. The van der Waals surface area contributed by atoms with Crippen molar-refractivity contribution in [3.63, 3.8) is 0 Å². The molecule has 5 heterocycles. The van der Waals surface area contributed by atoms with Crippen molar-refractivity contribution < 1.29 is 9.47 Å². The number of rotatable bonds is 1. The highest BCUT2D eigenvalue weighted by molar-refractivity contribution is 6.34. The number of nitrogens with zero attached hydrogens (tertiary/aromatic N) is 6. The number of halogens is 1. The maximum atomic E-state index is 6.22. The molecule has 9 nitrogen and oxygen atoms in total. The Morgan fingerprint density at radius 3 is 3.04 bits per heavy atom. The van der Waals surface area contributed by atoms with Crippen molar-refractivity contribution in [3.05, 3.63) is 17.0 Å². The largest absolute Gasteiger partial charge is 0.475 e. The lowest BCUT2D eigenvalue weighted by Gasteiger charge is -2.28. The minimum absolute atomic E-state index is 0.226. The first-order chi connectivity index (χ1) is 13.6. The van der Waals surface area contributed by atoms with Crippen molar-refractivity contribution in [1.29, 1.82) is 0 Å². The summed E-state index contributed by atoms with van der Waals surface area (Å²) >= 11 is 6.22. The van der Waals surface area contributed by atoms with Gasteiger partial charge in [-0.15, -0.1) is 5.10 Å². The van der Waals surface area contributed by atoms with Crippen LogP contribution in [0.2, 0.25) is 5.15 Å². The van der Waals surface area contributed by atoms with E-state index >= 15 is 0 Å². The normalized spacial score (nSPS) is 22.4. The Hall–Kier alpha value is -2.39. The maximum Gasteiger partial charge on any atom is 0.257 e. The number of ether oxygens (including phenoxy) is 2. The lowest BCUT2D eigenvalue weighted by molar-refractivity contribution is 0.00288. The average molecular weight is 404 g/mol. The van der Waals surface area contributed by atoms with Crippen LogP contribution in [0, 0.1) is 6.92 Å². The number of hydrogen-bond acceptors (Lipinski definition) is 7. The van der Waals surface area contributed by atoms with Crippen LogP contribution in [0.5, 0.6) is 5.88 Å². The Kier molecular flexibility index (Phi) is 4.36. The second-order valence-electron chi connectivity index (χ2n) is 7.34. The molecule has 0 aromatic carbocycles. The zero-order chi connectivity index (χ0) is 19.3. The molecule has 2 aliphatic heterocycles.